The second kappa shape index (κ2) is 6.64. The molecule has 1 aliphatic rings. The second-order valence-corrected chi connectivity index (χ2v) is 6.86. The van der Waals surface area contributed by atoms with E-state index in [-0.39, 0.29) is 5.41 Å². The van der Waals surface area contributed by atoms with E-state index in [0.717, 1.165) is 25.5 Å². The van der Waals surface area contributed by atoms with E-state index in [2.05, 4.69) is 47.9 Å². The molecule has 2 heterocycles. The van der Waals surface area contributed by atoms with Crippen LogP contribution < -0.4 is 5.32 Å². The lowest BCUT2D eigenvalue weighted by atomic mass is 9.84. The van der Waals surface area contributed by atoms with Crippen LogP contribution in [0.2, 0.25) is 0 Å². The number of rotatable bonds is 4. The standard InChI is InChI=1S/C16H28N4/c1-5-7-13-10-19-14(16(2,3)4)11-20(13)12-15-17-8-6-9-18-15/h6,8-9,13-14,19H,5,7,10-12H2,1-4H3. The summed E-state index contributed by atoms with van der Waals surface area (Å²) < 4.78 is 0. The van der Waals surface area contributed by atoms with Crippen molar-refractivity contribution in [2.45, 2.75) is 59.2 Å². The van der Waals surface area contributed by atoms with Crippen molar-refractivity contribution in [3.05, 3.63) is 24.3 Å². The summed E-state index contributed by atoms with van der Waals surface area (Å²) in [6.45, 7) is 12.2. The summed E-state index contributed by atoms with van der Waals surface area (Å²) in [6.07, 6.45) is 6.12. The van der Waals surface area contributed by atoms with Gasteiger partial charge in [0.1, 0.15) is 5.82 Å². The van der Waals surface area contributed by atoms with Crippen molar-refractivity contribution < 1.29 is 0 Å². The van der Waals surface area contributed by atoms with E-state index >= 15 is 0 Å². The number of hydrogen-bond donors (Lipinski definition) is 1. The number of hydrogen-bond acceptors (Lipinski definition) is 4. The molecule has 2 unspecified atom stereocenters. The summed E-state index contributed by atoms with van der Waals surface area (Å²) in [7, 11) is 0. The molecule has 2 rings (SSSR count). The Morgan fingerprint density at radius 1 is 1.30 bits per heavy atom. The average molecular weight is 276 g/mol. The predicted molar refractivity (Wildman–Crippen MR) is 82.4 cm³/mol. The van der Waals surface area contributed by atoms with Crippen LogP contribution in [0.5, 0.6) is 0 Å². The van der Waals surface area contributed by atoms with E-state index in [9.17, 15) is 0 Å². The largest absolute Gasteiger partial charge is 0.311 e. The number of aromatic nitrogens is 2. The molecule has 112 valence electrons. The molecule has 2 atom stereocenters. The van der Waals surface area contributed by atoms with Gasteiger partial charge in [0.2, 0.25) is 0 Å². The maximum absolute atomic E-state index is 4.38. The van der Waals surface area contributed by atoms with Crippen LogP contribution in [0.1, 0.15) is 46.4 Å². The van der Waals surface area contributed by atoms with Gasteiger partial charge in [-0.25, -0.2) is 9.97 Å². The second-order valence-electron chi connectivity index (χ2n) is 6.86. The highest BCUT2D eigenvalue weighted by atomic mass is 15.2. The fourth-order valence-corrected chi connectivity index (χ4v) is 2.84. The minimum absolute atomic E-state index is 0.285. The van der Waals surface area contributed by atoms with Crippen LogP contribution in [0.3, 0.4) is 0 Å². The van der Waals surface area contributed by atoms with Gasteiger partial charge in [0.05, 0.1) is 6.54 Å². The molecule has 20 heavy (non-hydrogen) atoms. The molecule has 0 aromatic carbocycles. The van der Waals surface area contributed by atoms with Gasteiger partial charge in [-0.1, -0.05) is 34.1 Å². The molecule has 0 bridgehead atoms. The zero-order valence-corrected chi connectivity index (χ0v) is 13.3. The molecular formula is C16H28N4. The third-order valence-corrected chi connectivity index (χ3v) is 4.16. The Hall–Kier alpha value is -1.00. The third kappa shape index (κ3) is 4.00. The van der Waals surface area contributed by atoms with Crippen LogP contribution >= 0.6 is 0 Å². The molecule has 1 aromatic rings. The summed E-state index contributed by atoms with van der Waals surface area (Å²) in [5.74, 6) is 0.933. The first kappa shape index (κ1) is 15.4. The molecule has 1 N–H and O–H groups in total. The van der Waals surface area contributed by atoms with Crippen molar-refractivity contribution >= 4 is 0 Å². The van der Waals surface area contributed by atoms with Crippen molar-refractivity contribution in [1.82, 2.24) is 20.2 Å². The topological polar surface area (TPSA) is 41.0 Å². The Kier molecular flexibility index (Phi) is 5.11. The van der Waals surface area contributed by atoms with E-state index < -0.39 is 0 Å². The first-order valence-corrected chi connectivity index (χ1v) is 7.74. The molecule has 1 aromatic heterocycles. The highest BCUT2D eigenvalue weighted by Crippen LogP contribution is 2.25. The molecular weight excluding hydrogens is 248 g/mol. The van der Waals surface area contributed by atoms with Gasteiger partial charge in [-0.2, -0.15) is 0 Å². The summed E-state index contributed by atoms with van der Waals surface area (Å²) in [5, 5.41) is 3.73. The van der Waals surface area contributed by atoms with E-state index in [0.29, 0.717) is 12.1 Å². The fourth-order valence-electron chi connectivity index (χ4n) is 2.84. The molecule has 1 aliphatic heterocycles. The normalized spacial score (nSPS) is 24.8. The lowest BCUT2D eigenvalue weighted by Crippen LogP contribution is -2.59. The van der Waals surface area contributed by atoms with Gasteiger partial charge in [-0.05, 0) is 17.9 Å². The van der Waals surface area contributed by atoms with Crippen LogP contribution in [0, 0.1) is 5.41 Å². The smallest absolute Gasteiger partial charge is 0.142 e. The lowest BCUT2D eigenvalue weighted by molar-refractivity contribution is 0.0727. The molecule has 4 heteroatoms. The van der Waals surface area contributed by atoms with Gasteiger partial charge in [0, 0.05) is 37.6 Å². The minimum atomic E-state index is 0.285. The fraction of sp³-hybridized carbons (Fsp3) is 0.750. The summed E-state index contributed by atoms with van der Waals surface area (Å²) in [4.78, 5) is 11.3. The summed E-state index contributed by atoms with van der Waals surface area (Å²) in [6, 6.07) is 3.00. The van der Waals surface area contributed by atoms with Gasteiger partial charge in [-0.3, -0.25) is 4.90 Å². The highest BCUT2D eigenvalue weighted by molar-refractivity contribution is 4.95. The molecule has 0 amide bonds. The minimum Gasteiger partial charge on any atom is -0.311 e. The van der Waals surface area contributed by atoms with Gasteiger partial charge in [0.25, 0.3) is 0 Å². The predicted octanol–water partition coefficient (Wildman–Crippen LogP) is 2.47. The van der Waals surface area contributed by atoms with Crippen LogP contribution in [-0.2, 0) is 6.54 Å². The molecule has 0 radical (unpaired) electrons. The lowest BCUT2D eigenvalue weighted by Gasteiger charge is -2.44. The van der Waals surface area contributed by atoms with Crippen molar-refractivity contribution in [3.8, 4) is 0 Å². The van der Waals surface area contributed by atoms with Crippen LogP contribution in [0.4, 0.5) is 0 Å². The molecule has 1 saturated heterocycles. The number of nitrogens with one attached hydrogen (secondary N) is 1. The highest BCUT2D eigenvalue weighted by Gasteiger charge is 2.33. The maximum Gasteiger partial charge on any atom is 0.142 e. The van der Waals surface area contributed by atoms with E-state index in [1.54, 1.807) is 0 Å². The van der Waals surface area contributed by atoms with Crippen molar-refractivity contribution in [1.29, 1.82) is 0 Å². The van der Waals surface area contributed by atoms with Gasteiger partial charge < -0.3 is 5.32 Å². The Bertz CT molecular complexity index is 399. The summed E-state index contributed by atoms with van der Waals surface area (Å²) in [5.41, 5.74) is 0.285. The average Bonchev–Trinajstić information content (AvgIpc) is 2.41. The Labute approximate surface area is 123 Å². The monoisotopic (exact) mass is 276 g/mol. The first-order chi connectivity index (χ1) is 9.50. The van der Waals surface area contributed by atoms with E-state index in [1.807, 2.05) is 18.5 Å². The van der Waals surface area contributed by atoms with Gasteiger partial charge in [-0.15, -0.1) is 0 Å². The Balaban J connectivity index is 2.07. The number of nitrogens with zero attached hydrogens (tertiary/aromatic N) is 3. The number of piperazine rings is 1. The molecule has 0 aliphatic carbocycles. The maximum atomic E-state index is 4.38. The summed E-state index contributed by atoms with van der Waals surface area (Å²) >= 11 is 0. The SMILES string of the molecule is CCCC1CNC(C(C)(C)C)CN1Cc1ncccn1. The van der Waals surface area contributed by atoms with Crippen molar-refractivity contribution in [3.63, 3.8) is 0 Å². The van der Waals surface area contributed by atoms with E-state index in [1.165, 1.54) is 12.8 Å². The Morgan fingerprint density at radius 2 is 2.00 bits per heavy atom. The first-order valence-electron chi connectivity index (χ1n) is 7.74. The van der Waals surface area contributed by atoms with Crippen LogP contribution in [0.25, 0.3) is 0 Å². The van der Waals surface area contributed by atoms with Crippen molar-refractivity contribution in [2.75, 3.05) is 13.1 Å². The Morgan fingerprint density at radius 3 is 2.60 bits per heavy atom. The van der Waals surface area contributed by atoms with Crippen LogP contribution in [-0.4, -0.2) is 40.0 Å². The molecule has 0 saturated carbocycles. The zero-order valence-electron chi connectivity index (χ0n) is 13.3. The van der Waals surface area contributed by atoms with Crippen LogP contribution in [0.15, 0.2) is 18.5 Å². The zero-order chi connectivity index (χ0) is 14.6. The van der Waals surface area contributed by atoms with Crippen molar-refractivity contribution in [2.24, 2.45) is 5.41 Å². The third-order valence-electron chi connectivity index (χ3n) is 4.16. The van der Waals surface area contributed by atoms with Gasteiger partial charge >= 0.3 is 0 Å². The van der Waals surface area contributed by atoms with Gasteiger partial charge in [0.15, 0.2) is 0 Å². The van der Waals surface area contributed by atoms with E-state index in [4.69, 9.17) is 0 Å². The molecule has 0 spiro atoms. The molecule has 4 nitrogen and oxygen atoms in total. The quantitative estimate of drug-likeness (QED) is 0.917. The molecule has 1 fully saturated rings.